The smallest absolute Gasteiger partial charge is 0.164 e. The monoisotopic (exact) mass is 911 g/mol. The van der Waals surface area contributed by atoms with Crippen LogP contribution in [-0.4, -0.2) is 15.0 Å². The van der Waals surface area contributed by atoms with Gasteiger partial charge in [-0.1, -0.05) is 170 Å². The van der Waals surface area contributed by atoms with E-state index in [4.69, 9.17) is 19.4 Å². The molecule has 0 amide bonds. The largest absolute Gasteiger partial charge is 0.456 e. The molecule has 0 radical (unpaired) electrons. The van der Waals surface area contributed by atoms with Gasteiger partial charge in [0.25, 0.3) is 0 Å². The minimum Gasteiger partial charge on any atom is -0.456 e. The summed E-state index contributed by atoms with van der Waals surface area (Å²) in [6.07, 6.45) is 6.84. The maximum atomic E-state index is 6.34. The van der Waals surface area contributed by atoms with Crippen molar-refractivity contribution < 1.29 is 4.42 Å². The van der Waals surface area contributed by atoms with Gasteiger partial charge in [-0.05, 0) is 165 Å². The Bertz CT molecular complexity index is 3740. The molecular formula is C67H49N3O. The molecule has 0 aliphatic heterocycles. The van der Waals surface area contributed by atoms with E-state index >= 15 is 0 Å². The second kappa shape index (κ2) is 15.9. The van der Waals surface area contributed by atoms with Crippen molar-refractivity contribution in [3.05, 3.63) is 223 Å². The van der Waals surface area contributed by atoms with Gasteiger partial charge in [-0.2, -0.15) is 0 Å². The predicted octanol–water partition coefficient (Wildman–Crippen LogP) is 17.2. The lowest BCUT2D eigenvalue weighted by Crippen LogP contribution is -2.55. The number of hydrogen-bond donors (Lipinski definition) is 0. The van der Waals surface area contributed by atoms with Crippen LogP contribution in [0.5, 0.6) is 0 Å². The maximum Gasteiger partial charge on any atom is 0.164 e. The molecule has 0 saturated heterocycles. The Kier molecular flexibility index (Phi) is 9.11. The van der Waals surface area contributed by atoms with Gasteiger partial charge in [-0.3, -0.25) is 0 Å². The summed E-state index contributed by atoms with van der Waals surface area (Å²) in [5, 5.41) is 2.22. The Morgan fingerprint density at radius 1 is 0.310 bits per heavy atom. The van der Waals surface area contributed by atoms with Gasteiger partial charge in [0, 0.05) is 32.9 Å². The second-order valence-electron chi connectivity index (χ2n) is 20.8. The molecule has 16 rings (SSSR count). The summed E-state index contributed by atoms with van der Waals surface area (Å²) >= 11 is 0. The molecule has 4 nitrogen and oxygen atoms in total. The summed E-state index contributed by atoms with van der Waals surface area (Å²) in [6.45, 7) is 0. The number of aromatic nitrogens is 3. The summed E-state index contributed by atoms with van der Waals surface area (Å²) in [7, 11) is 0. The zero-order valence-corrected chi connectivity index (χ0v) is 39.3. The molecular weight excluding hydrogens is 863 g/mol. The molecule has 1 spiro atoms. The molecule has 4 saturated carbocycles. The highest BCUT2D eigenvalue weighted by Gasteiger charge is 2.61. The van der Waals surface area contributed by atoms with Gasteiger partial charge in [0.15, 0.2) is 17.5 Å². The molecule has 71 heavy (non-hydrogen) atoms. The van der Waals surface area contributed by atoms with Crippen molar-refractivity contribution in [1.29, 1.82) is 0 Å². The van der Waals surface area contributed by atoms with Crippen LogP contribution in [-0.2, 0) is 5.41 Å². The van der Waals surface area contributed by atoms with E-state index in [9.17, 15) is 0 Å². The minimum absolute atomic E-state index is 0.0628. The van der Waals surface area contributed by atoms with Gasteiger partial charge >= 0.3 is 0 Å². The van der Waals surface area contributed by atoms with Crippen LogP contribution in [0.3, 0.4) is 0 Å². The number of furan rings is 1. The molecule has 11 aromatic rings. The van der Waals surface area contributed by atoms with Crippen LogP contribution in [0, 0.1) is 23.7 Å². The first-order chi connectivity index (χ1) is 35.1. The Morgan fingerprint density at radius 2 is 0.761 bits per heavy atom. The summed E-state index contributed by atoms with van der Waals surface area (Å²) in [5.41, 5.74) is 19.9. The predicted molar refractivity (Wildman–Crippen MR) is 288 cm³/mol. The van der Waals surface area contributed by atoms with Gasteiger partial charge in [0.1, 0.15) is 11.2 Å². The quantitative estimate of drug-likeness (QED) is 0.160. The molecule has 0 atom stereocenters. The molecule has 2 aromatic heterocycles. The Hall–Kier alpha value is -8.21. The van der Waals surface area contributed by atoms with Crippen LogP contribution in [0.2, 0.25) is 0 Å². The lowest BCUT2D eigenvalue weighted by Gasteiger charge is -2.61. The molecule has 0 N–H and O–H groups in total. The first-order valence-corrected chi connectivity index (χ1v) is 25.5. The van der Waals surface area contributed by atoms with Crippen molar-refractivity contribution in [2.75, 3.05) is 0 Å². The highest BCUT2D eigenvalue weighted by molar-refractivity contribution is 6.06. The van der Waals surface area contributed by atoms with E-state index in [0.29, 0.717) is 29.3 Å². The number of rotatable bonds is 7. The lowest BCUT2D eigenvalue weighted by molar-refractivity contribution is -0.0399. The van der Waals surface area contributed by atoms with E-state index in [1.807, 2.05) is 6.07 Å². The van der Waals surface area contributed by atoms with Gasteiger partial charge in [-0.15, -0.1) is 0 Å². The van der Waals surface area contributed by atoms with E-state index in [1.54, 1.807) is 11.1 Å². The van der Waals surface area contributed by atoms with Crippen LogP contribution in [0.1, 0.15) is 43.2 Å². The highest BCUT2D eigenvalue weighted by atomic mass is 16.3. The summed E-state index contributed by atoms with van der Waals surface area (Å²) in [6, 6.07) is 77.0. The fourth-order valence-corrected chi connectivity index (χ4v) is 14.0. The zero-order valence-electron chi connectivity index (χ0n) is 39.3. The maximum absolute atomic E-state index is 6.34. The van der Waals surface area contributed by atoms with Gasteiger partial charge in [0.2, 0.25) is 0 Å². The fraction of sp³-hybridized carbons (Fsp3) is 0.149. The van der Waals surface area contributed by atoms with Crippen LogP contribution in [0.25, 0.3) is 112 Å². The third-order valence-corrected chi connectivity index (χ3v) is 16.9. The third kappa shape index (κ3) is 6.54. The van der Waals surface area contributed by atoms with E-state index in [-0.39, 0.29) is 5.41 Å². The SMILES string of the molecule is c1ccc(-c2ccc(-c3nc(-c4ccc(-c5ccccc5)cc4)nc(-c4cc(-c5ccc6c(c5)C5(c7ccccc7-6)C6CC7CC(C6)CC5C7)cc(-c5ccc6oc7ccccc7c6c5)c4)n3)cc2)cc1. The van der Waals surface area contributed by atoms with Crippen LogP contribution >= 0.6 is 0 Å². The van der Waals surface area contributed by atoms with Crippen molar-refractivity contribution in [2.45, 2.75) is 37.5 Å². The average Bonchev–Trinajstić information content (AvgIpc) is 3.96. The lowest BCUT2D eigenvalue weighted by atomic mass is 9.43. The number of hydrogen-bond acceptors (Lipinski definition) is 4. The normalized spacial score (nSPS) is 20.5. The number of fused-ring (bicyclic) bond motifs is 6. The molecule has 4 fully saturated rings. The third-order valence-electron chi connectivity index (χ3n) is 16.9. The molecule has 9 aromatic carbocycles. The number of nitrogens with zero attached hydrogens (tertiary/aromatic N) is 3. The second-order valence-corrected chi connectivity index (χ2v) is 20.8. The first kappa shape index (κ1) is 40.7. The minimum atomic E-state index is 0.0628. The topological polar surface area (TPSA) is 51.8 Å². The van der Waals surface area contributed by atoms with Crippen molar-refractivity contribution in [3.8, 4) is 89.8 Å². The Balaban J connectivity index is 0.923. The van der Waals surface area contributed by atoms with Gasteiger partial charge in [0.05, 0.1) is 0 Å². The van der Waals surface area contributed by atoms with Crippen LogP contribution < -0.4 is 0 Å². The van der Waals surface area contributed by atoms with E-state index in [1.165, 1.54) is 59.9 Å². The molecule has 2 heterocycles. The summed E-state index contributed by atoms with van der Waals surface area (Å²) < 4.78 is 6.34. The summed E-state index contributed by atoms with van der Waals surface area (Å²) in [5.74, 6) is 5.02. The molecule has 0 unspecified atom stereocenters. The van der Waals surface area contributed by atoms with E-state index < -0.39 is 0 Å². The Morgan fingerprint density at radius 3 is 1.39 bits per heavy atom. The summed E-state index contributed by atoms with van der Waals surface area (Å²) in [4.78, 5) is 16.0. The van der Waals surface area contributed by atoms with Gasteiger partial charge in [-0.25, -0.2) is 15.0 Å². The van der Waals surface area contributed by atoms with Crippen molar-refractivity contribution in [2.24, 2.45) is 23.7 Å². The average molecular weight is 912 g/mol. The van der Waals surface area contributed by atoms with E-state index in [2.05, 4.69) is 206 Å². The molecule has 4 heteroatoms. The molecule has 5 aliphatic carbocycles. The van der Waals surface area contributed by atoms with Crippen molar-refractivity contribution >= 4 is 21.9 Å². The van der Waals surface area contributed by atoms with Crippen molar-refractivity contribution in [1.82, 2.24) is 15.0 Å². The molecule has 338 valence electrons. The first-order valence-electron chi connectivity index (χ1n) is 25.5. The number of benzene rings is 9. The molecule has 5 aliphatic rings. The fourth-order valence-electron chi connectivity index (χ4n) is 14.0. The van der Waals surface area contributed by atoms with Crippen molar-refractivity contribution in [3.63, 3.8) is 0 Å². The number of para-hydroxylation sites is 1. The van der Waals surface area contributed by atoms with Crippen LogP contribution in [0.15, 0.2) is 217 Å². The molecule has 4 bridgehead atoms. The van der Waals surface area contributed by atoms with E-state index in [0.717, 1.165) is 78.3 Å². The van der Waals surface area contributed by atoms with Crippen LogP contribution in [0.4, 0.5) is 0 Å². The zero-order chi connectivity index (χ0) is 46.6. The Labute approximate surface area is 413 Å². The van der Waals surface area contributed by atoms with Gasteiger partial charge < -0.3 is 4.42 Å². The standard InChI is InChI=1S/C67H49N3O/c1-3-11-43(12-4-1)45-19-23-47(24-20-45)64-68-65(48-25-21-46(22-26-48)44-13-5-2-6-14-44)70-66(69-64)53-37-51(49-28-30-63-59(39-49)58-16-8-10-18-62(58)71-63)36-52(38-53)50-27-29-57-56-15-7-9-17-60(56)67(61(57)40-50)54-32-41-31-42(34-54)35-55(67)33-41/h1-30,36-42,54-55H,31-35H2. The highest BCUT2D eigenvalue weighted by Crippen LogP contribution is 2.69.